The number of hydrogen-bond acceptors (Lipinski definition) is 0. The molecule has 2 fully saturated rings. The fraction of sp³-hybridized carbons (Fsp3) is 1.00. The molecule has 5 atom stereocenters. The molecule has 2 aliphatic rings. The van der Waals surface area contributed by atoms with Crippen molar-refractivity contribution in [2.45, 2.75) is 66.5 Å². The Balaban J connectivity index is 2.06. The molecule has 0 aromatic carbocycles. The predicted octanol–water partition coefficient (Wildman–Crippen LogP) is 5.08. The van der Waals surface area contributed by atoms with Crippen LogP contribution in [-0.4, -0.2) is 6.17 Å². The first kappa shape index (κ1) is 13.4. The monoisotopic (exact) mass is 240 g/mol. The van der Waals surface area contributed by atoms with E-state index in [1.54, 1.807) is 6.92 Å². The minimum absolute atomic E-state index is 0.386. The molecule has 2 saturated carbocycles. The van der Waals surface area contributed by atoms with Crippen molar-refractivity contribution >= 4 is 0 Å². The van der Waals surface area contributed by atoms with Gasteiger partial charge in [-0.3, -0.25) is 0 Å². The summed E-state index contributed by atoms with van der Waals surface area (Å²) in [4.78, 5) is 0. The van der Waals surface area contributed by atoms with Crippen molar-refractivity contribution in [3.63, 3.8) is 0 Å². The summed E-state index contributed by atoms with van der Waals surface area (Å²) in [7, 11) is 0. The van der Waals surface area contributed by atoms with E-state index in [0.29, 0.717) is 11.3 Å². The van der Waals surface area contributed by atoms with Gasteiger partial charge >= 0.3 is 0 Å². The molecular weight excluding hydrogens is 211 g/mol. The Morgan fingerprint density at radius 1 is 0.941 bits per heavy atom. The third-order valence-electron chi connectivity index (χ3n) is 5.69. The fourth-order valence-electron chi connectivity index (χ4n) is 4.50. The highest BCUT2D eigenvalue weighted by Gasteiger charge is 2.59. The Kier molecular flexibility index (Phi) is 3.58. The molecular formula is C16H29F. The van der Waals surface area contributed by atoms with E-state index < -0.39 is 6.17 Å². The molecule has 17 heavy (non-hydrogen) atoms. The van der Waals surface area contributed by atoms with E-state index in [2.05, 4.69) is 27.7 Å². The van der Waals surface area contributed by atoms with Crippen LogP contribution < -0.4 is 0 Å². The average molecular weight is 240 g/mol. The van der Waals surface area contributed by atoms with Gasteiger partial charge in [0.15, 0.2) is 0 Å². The summed E-state index contributed by atoms with van der Waals surface area (Å²) in [5.41, 5.74) is 0.411. The molecule has 0 aliphatic heterocycles. The summed E-state index contributed by atoms with van der Waals surface area (Å²) in [6.45, 7) is 11.2. The smallest absolute Gasteiger partial charge is 0.101 e. The molecule has 0 bridgehead atoms. The summed E-state index contributed by atoms with van der Waals surface area (Å²) in [6.07, 6.45) is 4.51. The second kappa shape index (κ2) is 4.55. The first-order valence-corrected chi connectivity index (χ1v) is 7.51. The van der Waals surface area contributed by atoms with Crippen LogP contribution in [0.4, 0.5) is 4.39 Å². The van der Waals surface area contributed by atoms with Crippen molar-refractivity contribution in [1.29, 1.82) is 0 Å². The van der Waals surface area contributed by atoms with Gasteiger partial charge in [0.05, 0.1) is 0 Å². The van der Waals surface area contributed by atoms with Crippen molar-refractivity contribution in [3.05, 3.63) is 0 Å². The lowest BCUT2D eigenvalue weighted by atomic mass is 9.64. The fourth-order valence-corrected chi connectivity index (χ4v) is 4.50. The second-order valence-corrected chi connectivity index (χ2v) is 7.41. The lowest BCUT2D eigenvalue weighted by Crippen LogP contribution is -2.33. The van der Waals surface area contributed by atoms with Gasteiger partial charge < -0.3 is 0 Å². The molecule has 0 amide bonds. The van der Waals surface area contributed by atoms with E-state index in [1.807, 2.05) is 0 Å². The molecule has 1 spiro atoms. The van der Waals surface area contributed by atoms with Crippen molar-refractivity contribution < 1.29 is 4.39 Å². The molecule has 0 heterocycles. The highest BCUT2D eigenvalue weighted by Crippen LogP contribution is 2.66. The Hall–Kier alpha value is -0.0700. The van der Waals surface area contributed by atoms with E-state index in [1.165, 1.54) is 25.7 Å². The quantitative estimate of drug-likeness (QED) is 0.645. The largest absolute Gasteiger partial charge is 0.247 e. The maximum Gasteiger partial charge on any atom is 0.101 e. The SMILES string of the molecule is CC(C)C1CCC2(CC1C(C)C)CC2C(C)F. The molecule has 0 aromatic rings. The number of hydrogen-bond donors (Lipinski definition) is 0. The van der Waals surface area contributed by atoms with Crippen molar-refractivity contribution in [2.75, 3.05) is 0 Å². The molecule has 2 aliphatic carbocycles. The molecule has 2 rings (SSSR count). The minimum atomic E-state index is -0.585. The Bertz CT molecular complexity index is 269. The number of rotatable bonds is 3. The lowest BCUT2D eigenvalue weighted by molar-refractivity contribution is 0.0747. The van der Waals surface area contributed by atoms with Crippen molar-refractivity contribution in [3.8, 4) is 0 Å². The standard InChI is InChI=1S/C16H29F/c1-10(2)13-6-7-16(8-14(13)11(3)4)9-15(16)12(5)17/h10-15H,6-9H2,1-5H3. The summed E-state index contributed by atoms with van der Waals surface area (Å²) in [5, 5.41) is 0. The normalized spacial score (nSPS) is 43.4. The highest BCUT2D eigenvalue weighted by atomic mass is 19.1. The summed E-state index contributed by atoms with van der Waals surface area (Å²) in [5.74, 6) is 3.64. The molecule has 0 N–H and O–H groups in total. The first-order valence-electron chi connectivity index (χ1n) is 7.51. The van der Waals surface area contributed by atoms with Crippen LogP contribution in [0.2, 0.25) is 0 Å². The first-order chi connectivity index (χ1) is 7.87. The van der Waals surface area contributed by atoms with Crippen molar-refractivity contribution in [2.24, 2.45) is 35.0 Å². The molecule has 0 aromatic heterocycles. The predicted molar refractivity (Wildman–Crippen MR) is 71.6 cm³/mol. The lowest BCUT2D eigenvalue weighted by Gasteiger charge is -2.42. The molecule has 1 heteroatoms. The van der Waals surface area contributed by atoms with Gasteiger partial charge in [0, 0.05) is 0 Å². The summed E-state index contributed by atoms with van der Waals surface area (Å²) >= 11 is 0. The molecule has 5 unspecified atom stereocenters. The molecule has 0 radical (unpaired) electrons. The van der Waals surface area contributed by atoms with Gasteiger partial charge in [0.25, 0.3) is 0 Å². The maximum atomic E-state index is 13.5. The van der Waals surface area contributed by atoms with Crippen LogP contribution in [0.5, 0.6) is 0 Å². The van der Waals surface area contributed by atoms with Crippen LogP contribution in [-0.2, 0) is 0 Å². The van der Waals surface area contributed by atoms with Crippen LogP contribution in [0.1, 0.15) is 60.3 Å². The third kappa shape index (κ3) is 2.39. The molecule has 0 nitrogen and oxygen atoms in total. The average Bonchev–Trinajstić information content (AvgIpc) is 2.92. The minimum Gasteiger partial charge on any atom is -0.247 e. The van der Waals surface area contributed by atoms with Gasteiger partial charge in [-0.15, -0.1) is 0 Å². The van der Waals surface area contributed by atoms with Crippen LogP contribution in [0.15, 0.2) is 0 Å². The van der Waals surface area contributed by atoms with E-state index in [9.17, 15) is 4.39 Å². The highest BCUT2D eigenvalue weighted by molar-refractivity contribution is 5.08. The van der Waals surface area contributed by atoms with Gasteiger partial charge in [0.1, 0.15) is 6.17 Å². The van der Waals surface area contributed by atoms with E-state index >= 15 is 0 Å². The van der Waals surface area contributed by atoms with Gasteiger partial charge in [-0.25, -0.2) is 4.39 Å². The van der Waals surface area contributed by atoms with Gasteiger partial charge in [-0.2, -0.15) is 0 Å². The van der Waals surface area contributed by atoms with Crippen LogP contribution >= 0.6 is 0 Å². The Morgan fingerprint density at radius 2 is 1.53 bits per heavy atom. The summed E-state index contributed by atoms with van der Waals surface area (Å²) < 4.78 is 13.5. The third-order valence-corrected chi connectivity index (χ3v) is 5.69. The van der Waals surface area contributed by atoms with Crippen LogP contribution in [0.3, 0.4) is 0 Å². The summed E-state index contributed by atoms with van der Waals surface area (Å²) in [6, 6.07) is 0. The zero-order valence-corrected chi connectivity index (χ0v) is 12.2. The second-order valence-electron chi connectivity index (χ2n) is 7.41. The molecule has 100 valence electrons. The van der Waals surface area contributed by atoms with Crippen molar-refractivity contribution in [1.82, 2.24) is 0 Å². The van der Waals surface area contributed by atoms with Gasteiger partial charge in [0.2, 0.25) is 0 Å². The molecule has 0 saturated heterocycles. The van der Waals surface area contributed by atoms with Crippen LogP contribution in [0.25, 0.3) is 0 Å². The maximum absolute atomic E-state index is 13.5. The van der Waals surface area contributed by atoms with Gasteiger partial charge in [-0.1, -0.05) is 27.7 Å². The van der Waals surface area contributed by atoms with Crippen LogP contribution in [0, 0.1) is 35.0 Å². The zero-order chi connectivity index (χ0) is 12.8. The topological polar surface area (TPSA) is 0 Å². The Morgan fingerprint density at radius 3 is 1.94 bits per heavy atom. The number of alkyl halides is 1. The number of halogens is 1. The van der Waals surface area contributed by atoms with Gasteiger partial charge in [-0.05, 0) is 67.6 Å². The Labute approximate surface area is 106 Å². The van der Waals surface area contributed by atoms with E-state index in [4.69, 9.17) is 0 Å². The van der Waals surface area contributed by atoms with E-state index in [-0.39, 0.29) is 0 Å². The zero-order valence-electron chi connectivity index (χ0n) is 12.2. The van der Waals surface area contributed by atoms with E-state index in [0.717, 1.165) is 23.7 Å².